The summed E-state index contributed by atoms with van der Waals surface area (Å²) in [6.45, 7) is 0. The van der Waals surface area contributed by atoms with Crippen LogP contribution in [-0.4, -0.2) is 31.1 Å². The largest absolute Gasteiger partial charge is 0.467 e. The number of hydrogen-bond donors (Lipinski definition) is 0. The zero-order valence-electron chi connectivity index (χ0n) is 12.5. The molecule has 1 amide bonds. The number of ether oxygens (including phenoxy) is 2. The standard InChI is InChI=1S/C18H15NO4/c1-22-18(21)14-16-15(23-16)12-9-5-6-10-13(12)19(14)17(20)11-7-3-2-4-8-11/h2-10,14-16H,1H3/t14-,15-,16+/m0/s1. The van der Waals surface area contributed by atoms with Crippen molar-refractivity contribution in [3.63, 3.8) is 0 Å². The lowest BCUT2D eigenvalue weighted by Gasteiger charge is -2.33. The van der Waals surface area contributed by atoms with Gasteiger partial charge in [0.1, 0.15) is 12.2 Å². The lowest BCUT2D eigenvalue weighted by Crippen LogP contribution is -2.51. The van der Waals surface area contributed by atoms with E-state index in [9.17, 15) is 9.59 Å². The van der Waals surface area contributed by atoms with Crippen LogP contribution >= 0.6 is 0 Å². The predicted molar refractivity (Wildman–Crippen MR) is 83.1 cm³/mol. The molecule has 0 aromatic heterocycles. The van der Waals surface area contributed by atoms with Crippen LogP contribution in [0.3, 0.4) is 0 Å². The molecular weight excluding hydrogens is 294 g/mol. The predicted octanol–water partition coefficient (Wildman–Crippen LogP) is 2.33. The summed E-state index contributed by atoms with van der Waals surface area (Å²) < 4.78 is 10.6. The Balaban J connectivity index is 1.83. The summed E-state index contributed by atoms with van der Waals surface area (Å²) in [5, 5.41) is 0. The molecule has 5 heteroatoms. The van der Waals surface area contributed by atoms with Gasteiger partial charge >= 0.3 is 5.97 Å². The van der Waals surface area contributed by atoms with Crippen LogP contribution in [0, 0.1) is 0 Å². The van der Waals surface area contributed by atoms with Crippen LogP contribution < -0.4 is 4.90 Å². The molecule has 5 nitrogen and oxygen atoms in total. The summed E-state index contributed by atoms with van der Waals surface area (Å²) in [6, 6.07) is 15.7. The van der Waals surface area contributed by atoms with Crippen LogP contribution in [0.5, 0.6) is 0 Å². The maximum atomic E-state index is 13.0. The van der Waals surface area contributed by atoms with E-state index in [-0.39, 0.29) is 18.1 Å². The molecule has 2 aliphatic heterocycles. The summed E-state index contributed by atoms with van der Waals surface area (Å²) in [5.74, 6) is -0.696. The molecule has 4 rings (SSSR count). The molecule has 0 saturated carbocycles. The molecule has 0 spiro atoms. The Labute approximate surface area is 133 Å². The van der Waals surface area contributed by atoms with E-state index in [0.717, 1.165) is 5.56 Å². The Bertz CT molecular complexity index is 774. The van der Waals surface area contributed by atoms with Crippen molar-refractivity contribution in [1.29, 1.82) is 0 Å². The number of carbonyl (C=O) groups excluding carboxylic acids is 2. The third-order valence-corrected chi connectivity index (χ3v) is 4.30. The SMILES string of the molecule is COC(=O)[C@@H]1[C@H]2O[C@H]2c2ccccc2N1C(=O)c1ccccc1. The number of para-hydroxylation sites is 1. The van der Waals surface area contributed by atoms with E-state index in [1.165, 1.54) is 12.0 Å². The van der Waals surface area contributed by atoms with E-state index < -0.39 is 12.0 Å². The van der Waals surface area contributed by atoms with Crippen LogP contribution in [0.1, 0.15) is 22.0 Å². The average Bonchev–Trinajstić information content (AvgIpc) is 3.40. The fraction of sp³-hybridized carbons (Fsp3) is 0.222. The zero-order valence-corrected chi connectivity index (χ0v) is 12.5. The molecule has 0 bridgehead atoms. The van der Waals surface area contributed by atoms with Crippen molar-refractivity contribution >= 4 is 17.6 Å². The Morgan fingerprint density at radius 3 is 2.48 bits per heavy atom. The molecule has 2 heterocycles. The second-order valence-electron chi connectivity index (χ2n) is 5.59. The van der Waals surface area contributed by atoms with Gasteiger partial charge in [0.2, 0.25) is 0 Å². The first kappa shape index (κ1) is 14.0. The number of esters is 1. The van der Waals surface area contributed by atoms with Crippen LogP contribution in [0.2, 0.25) is 0 Å². The molecule has 116 valence electrons. The first-order valence-electron chi connectivity index (χ1n) is 7.43. The minimum absolute atomic E-state index is 0.143. The molecule has 0 radical (unpaired) electrons. The Hall–Kier alpha value is -2.66. The van der Waals surface area contributed by atoms with Gasteiger partial charge in [-0.3, -0.25) is 9.69 Å². The molecule has 1 saturated heterocycles. The molecular formula is C18H15NO4. The molecule has 1 fully saturated rings. The van der Waals surface area contributed by atoms with Crippen molar-refractivity contribution in [3.05, 3.63) is 65.7 Å². The van der Waals surface area contributed by atoms with Crippen molar-refractivity contribution in [3.8, 4) is 0 Å². The van der Waals surface area contributed by atoms with Gasteiger partial charge in [-0.05, 0) is 18.2 Å². The fourth-order valence-electron chi connectivity index (χ4n) is 3.17. The first-order chi connectivity index (χ1) is 11.2. The van der Waals surface area contributed by atoms with Gasteiger partial charge in [0.05, 0.1) is 12.8 Å². The third-order valence-electron chi connectivity index (χ3n) is 4.30. The maximum absolute atomic E-state index is 13.0. The number of benzene rings is 2. The summed E-state index contributed by atoms with van der Waals surface area (Å²) in [7, 11) is 1.32. The van der Waals surface area contributed by atoms with Gasteiger partial charge in [-0.1, -0.05) is 36.4 Å². The number of anilines is 1. The minimum Gasteiger partial charge on any atom is -0.467 e. The van der Waals surface area contributed by atoms with Crippen LogP contribution in [-0.2, 0) is 14.3 Å². The highest BCUT2D eigenvalue weighted by Gasteiger charge is 2.58. The van der Waals surface area contributed by atoms with Crippen molar-refractivity contribution in [2.45, 2.75) is 18.2 Å². The van der Waals surface area contributed by atoms with Gasteiger partial charge in [-0.25, -0.2) is 4.79 Å². The van der Waals surface area contributed by atoms with Crippen molar-refractivity contribution in [2.75, 3.05) is 12.0 Å². The molecule has 0 N–H and O–H groups in total. The Kier molecular flexibility index (Phi) is 3.16. The molecule has 3 atom stereocenters. The topological polar surface area (TPSA) is 59.1 Å². The summed E-state index contributed by atoms with van der Waals surface area (Å²) in [6.07, 6.45) is -0.486. The molecule has 2 aromatic carbocycles. The van der Waals surface area contributed by atoms with Crippen LogP contribution in [0.15, 0.2) is 54.6 Å². The highest BCUT2D eigenvalue weighted by Crippen LogP contribution is 2.51. The quantitative estimate of drug-likeness (QED) is 0.631. The van der Waals surface area contributed by atoms with Gasteiger partial charge in [-0.15, -0.1) is 0 Å². The Morgan fingerprint density at radius 1 is 1.04 bits per heavy atom. The van der Waals surface area contributed by atoms with Crippen molar-refractivity contribution in [1.82, 2.24) is 0 Å². The van der Waals surface area contributed by atoms with Gasteiger partial charge in [0.25, 0.3) is 5.91 Å². The second kappa shape index (κ2) is 5.21. The summed E-state index contributed by atoms with van der Waals surface area (Å²) in [5.41, 5.74) is 2.16. The number of rotatable bonds is 2. The first-order valence-corrected chi connectivity index (χ1v) is 7.43. The number of carbonyl (C=O) groups is 2. The molecule has 2 aliphatic rings. The van der Waals surface area contributed by atoms with E-state index in [0.29, 0.717) is 11.3 Å². The van der Waals surface area contributed by atoms with Gasteiger partial charge in [0.15, 0.2) is 6.04 Å². The fourth-order valence-corrected chi connectivity index (χ4v) is 3.17. The third kappa shape index (κ3) is 2.12. The van der Waals surface area contributed by atoms with E-state index in [2.05, 4.69) is 0 Å². The molecule has 2 aromatic rings. The van der Waals surface area contributed by atoms with E-state index in [4.69, 9.17) is 9.47 Å². The zero-order chi connectivity index (χ0) is 16.0. The van der Waals surface area contributed by atoms with Crippen LogP contribution in [0.4, 0.5) is 5.69 Å². The van der Waals surface area contributed by atoms with E-state index in [1.807, 2.05) is 30.3 Å². The molecule has 0 aliphatic carbocycles. The number of amides is 1. The lowest BCUT2D eigenvalue weighted by molar-refractivity contribution is -0.142. The minimum atomic E-state index is -0.757. The molecule has 0 unspecified atom stereocenters. The van der Waals surface area contributed by atoms with Crippen molar-refractivity contribution < 1.29 is 19.1 Å². The maximum Gasteiger partial charge on any atom is 0.331 e. The van der Waals surface area contributed by atoms with Crippen LogP contribution in [0.25, 0.3) is 0 Å². The van der Waals surface area contributed by atoms with E-state index >= 15 is 0 Å². The van der Waals surface area contributed by atoms with Gasteiger partial charge < -0.3 is 9.47 Å². The smallest absolute Gasteiger partial charge is 0.331 e. The lowest BCUT2D eigenvalue weighted by atomic mass is 9.94. The average molecular weight is 309 g/mol. The van der Waals surface area contributed by atoms with E-state index in [1.54, 1.807) is 24.3 Å². The van der Waals surface area contributed by atoms with Crippen molar-refractivity contribution in [2.24, 2.45) is 0 Å². The van der Waals surface area contributed by atoms with Gasteiger partial charge in [-0.2, -0.15) is 0 Å². The molecule has 23 heavy (non-hydrogen) atoms. The highest BCUT2D eigenvalue weighted by atomic mass is 16.6. The number of hydrogen-bond acceptors (Lipinski definition) is 4. The number of epoxide rings is 1. The summed E-state index contributed by atoms with van der Waals surface area (Å²) in [4.78, 5) is 26.8. The summed E-state index contributed by atoms with van der Waals surface area (Å²) >= 11 is 0. The highest BCUT2D eigenvalue weighted by molar-refractivity contribution is 6.10. The monoisotopic (exact) mass is 309 g/mol. The normalized spacial score (nSPS) is 24.4. The number of fused-ring (bicyclic) bond motifs is 3. The Morgan fingerprint density at radius 2 is 1.74 bits per heavy atom. The van der Waals surface area contributed by atoms with Gasteiger partial charge in [0, 0.05) is 11.1 Å². The second-order valence-corrected chi connectivity index (χ2v) is 5.59. The number of nitrogens with zero attached hydrogens (tertiary/aromatic N) is 1. The number of methoxy groups -OCH3 is 1.